The number of aromatic nitrogens is 2. The van der Waals surface area contributed by atoms with Gasteiger partial charge in [-0.3, -0.25) is 4.40 Å². The highest BCUT2D eigenvalue weighted by Crippen LogP contribution is 2.36. The molecule has 1 N–H and O–H groups in total. The zero-order chi connectivity index (χ0) is 11.0. The lowest BCUT2D eigenvalue weighted by Gasteiger charge is -2.13. The smallest absolute Gasteiger partial charge is 0.138 e. The third-order valence-electron chi connectivity index (χ3n) is 3.46. The van der Waals surface area contributed by atoms with Gasteiger partial charge in [0.1, 0.15) is 11.5 Å². The Morgan fingerprint density at radius 1 is 1.50 bits per heavy atom. The van der Waals surface area contributed by atoms with Crippen molar-refractivity contribution in [1.29, 1.82) is 0 Å². The monoisotopic (exact) mass is 215 g/mol. The van der Waals surface area contributed by atoms with Crippen molar-refractivity contribution in [2.24, 2.45) is 11.8 Å². The van der Waals surface area contributed by atoms with Crippen LogP contribution >= 0.6 is 0 Å². The number of hydrogen-bond acceptors (Lipinski definition) is 2. The third kappa shape index (κ3) is 1.77. The first-order valence-corrected chi connectivity index (χ1v) is 6.00. The number of imidazole rings is 1. The molecule has 1 unspecified atom stereocenters. The molecule has 3 rings (SSSR count). The largest absolute Gasteiger partial charge is 0.371 e. The molecule has 3 heteroatoms. The molecule has 1 aliphatic rings. The maximum atomic E-state index is 4.28. The first-order chi connectivity index (χ1) is 7.84. The summed E-state index contributed by atoms with van der Waals surface area (Å²) in [5.41, 5.74) is 1.00. The molecule has 3 nitrogen and oxygen atoms in total. The van der Waals surface area contributed by atoms with Crippen LogP contribution in [0.3, 0.4) is 0 Å². The molecule has 0 bridgehead atoms. The second-order valence-corrected chi connectivity index (χ2v) is 4.76. The Bertz CT molecular complexity index is 485. The van der Waals surface area contributed by atoms with E-state index in [1.54, 1.807) is 0 Å². The minimum atomic E-state index is 0.777. The molecule has 2 aromatic heterocycles. The van der Waals surface area contributed by atoms with Crippen LogP contribution in [0, 0.1) is 11.8 Å². The van der Waals surface area contributed by atoms with Crippen molar-refractivity contribution in [3.63, 3.8) is 0 Å². The van der Waals surface area contributed by atoms with Crippen molar-refractivity contribution in [3.8, 4) is 0 Å². The topological polar surface area (TPSA) is 29.3 Å². The lowest BCUT2D eigenvalue weighted by molar-refractivity contribution is 0.535. The Morgan fingerprint density at radius 2 is 2.38 bits per heavy atom. The van der Waals surface area contributed by atoms with Gasteiger partial charge < -0.3 is 5.32 Å². The molecule has 0 spiro atoms. The van der Waals surface area contributed by atoms with Gasteiger partial charge in [-0.1, -0.05) is 13.0 Å². The van der Waals surface area contributed by atoms with Crippen molar-refractivity contribution >= 4 is 11.5 Å². The van der Waals surface area contributed by atoms with Gasteiger partial charge in [-0.15, -0.1) is 0 Å². The Morgan fingerprint density at radius 3 is 3.19 bits per heavy atom. The van der Waals surface area contributed by atoms with Gasteiger partial charge in [0.2, 0.25) is 0 Å². The maximum absolute atomic E-state index is 4.28. The predicted molar refractivity (Wildman–Crippen MR) is 65.6 cm³/mol. The van der Waals surface area contributed by atoms with Crippen LogP contribution in [0.15, 0.2) is 30.6 Å². The van der Waals surface area contributed by atoms with Crippen LogP contribution in [0.2, 0.25) is 0 Å². The Labute approximate surface area is 95.5 Å². The minimum Gasteiger partial charge on any atom is -0.371 e. The van der Waals surface area contributed by atoms with E-state index in [1.165, 1.54) is 12.8 Å². The molecule has 1 saturated carbocycles. The number of fused-ring (bicyclic) bond motifs is 1. The Balaban J connectivity index is 1.75. The van der Waals surface area contributed by atoms with Gasteiger partial charge in [-0.05, 0) is 36.8 Å². The normalized spacial score (nSPS) is 17.6. The fourth-order valence-electron chi connectivity index (χ4n) is 2.19. The van der Waals surface area contributed by atoms with Gasteiger partial charge in [-0.2, -0.15) is 0 Å². The highest BCUT2D eigenvalue weighted by atomic mass is 15.1. The molecule has 2 aromatic rings. The summed E-state index contributed by atoms with van der Waals surface area (Å²) in [6.07, 6.45) is 6.67. The Hall–Kier alpha value is -1.51. The van der Waals surface area contributed by atoms with Crippen LogP contribution in [0.25, 0.3) is 5.65 Å². The zero-order valence-electron chi connectivity index (χ0n) is 9.56. The molecule has 16 heavy (non-hydrogen) atoms. The van der Waals surface area contributed by atoms with Crippen LogP contribution in [0.1, 0.15) is 19.8 Å². The van der Waals surface area contributed by atoms with E-state index in [0.717, 1.165) is 29.8 Å². The molecular weight excluding hydrogens is 198 g/mol. The van der Waals surface area contributed by atoms with E-state index < -0.39 is 0 Å². The Kier molecular flexibility index (Phi) is 2.31. The van der Waals surface area contributed by atoms with Crippen molar-refractivity contribution in [2.45, 2.75) is 19.8 Å². The summed E-state index contributed by atoms with van der Waals surface area (Å²) in [6, 6.07) is 6.18. The zero-order valence-corrected chi connectivity index (χ0v) is 9.56. The van der Waals surface area contributed by atoms with Gasteiger partial charge in [0.15, 0.2) is 0 Å². The van der Waals surface area contributed by atoms with E-state index in [2.05, 4.69) is 27.7 Å². The highest BCUT2D eigenvalue weighted by molar-refractivity contribution is 5.49. The lowest BCUT2D eigenvalue weighted by atomic mass is 10.1. The molecule has 1 fully saturated rings. The molecule has 0 aliphatic heterocycles. The second-order valence-electron chi connectivity index (χ2n) is 4.76. The van der Waals surface area contributed by atoms with Gasteiger partial charge in [-0.25, -0.2) is 4.98 Å². The van der Waals surface area contributed by atoms with Crippen molar-refractivity contribution in [1.82, 2.24) is 9.38 Å². The fourth-order valence-corrected chi connectivity index (χ4v) is 2.19. The van der Waals surface area contributed by atoms with E-state index in [4.69, 9.17) is 0 Å². The third-order valence-corrected chi connectivity index (χ3v) is 3.46. The van der Waals surface area contributed by atoms with Crippen LogP contribution < -0.4 is 5.32 Å². The molecule has 1 atom stereocenters. The summed E-state index contributed by atoms with van der Waals surface area (Å²) in [5, 5.41) is 3.52. The van der Waals surface area contributed by atoms with Crippen LogP contribution in [-0.2, 0) is 0 Å². The fraction of sp³-hybridized carbons (Fsp3) is 0.462. The van der Waals surface area contributed by atoms with Gasteiger partial charge in [0, 0.05) is 18.9 Å². The number of anilines is 1. The lowest BCUT2D eigenvalue weighted by Crippen LogP contribution is -2.14. The first-order valence-electron chi connectivity index (χ1n) is 6.00. The molecule has 0 aromatic carbocycles. The van der Waals surface area contributed by atoms with Crippen LogP contribution in [-0.4, -0.2) is 15.9 Å². The van der Waals surface area contributed by atoms with E-state index in [-0.39, 0.29) is 0 Å². The summed E-state index contributed by atoms with van der Waals surface area (Å²) in [7, 11) is 0. The summed E-state index contributed by atoms with van der Waals surface area (Å²) >= 11 is 0. The summed E-state index contributed by atoms with van der Waals surface area (Å²) in [5.74, 6) is 2.87. The number of hydrogen-bond donors (Lipinski definition) is 1. The van der Waals surface area contributed by atoms with Gasteiger partial charge in [0.05, 0.1) is 0 Å². The second kappa shape index (κ2) is 3.81. The quantitative estimate of drug-likeness (QED) is 0.849. The SMILES string of the molecule is CC(CNc1cccc2nccn12)C1CC1. The van der Waals surface area contributed by atoms with E-state index >= 15 is 0 Å². The van der Waals surface area contributed by atoms with E-state index in [1.807, 2.05) is 24.5 Å². The molecule has 0 radical (unpaired) electrons. The van der Waals surface area contributed by atoms with Gasteiger partial charge in [0.25, 0.3) is 0 Å². The van der Waals surface area contributed by atoms with Crippen LogP contribution in [0.5, 0.6) is 0 Å². The van der Waals surface area contributed by atoms with Crippen molar-refractivity contribution in [3.05, 3.63) is 30.6 Å². The molecule has 0 saturated heterocycles. The summed E-state index contributed by atoms with van der Waals surface area (Å²) < 4.78 is 2.10. The summed E-state index contributed by atoms with van der Waals surface area (Å²) in [4.78, 5) is 4.28. The van der Waals surface area contributed by atoms with Crippen molar-refractivity contribution in [2.75, 3.05) is 11.9 Å². The number of pyridine rings is 1. The average Bonchev–Trinajstić information content (AvgIpc) is 3.04. The molecule has 2 heterocycles. The van der Waals surface area contributed by atoms with Crippen LogP contribution in [0.4, 0.5) is 5.82 Å². The number of rotatable bonds is 4. The average molecular weight is 215 g/mol. The summed E-state index contributed by atoms with van der Waals surface area (Å²) in [6.45, 7) is 3.39. The standard InChI is InChI=1S/C13H17N3/c1-10(11-5-6-11)9-15-13-4-2-3-12-14-7-8-16(12)13/h2-4,7-8,10-11,15H,5-6,9H2,1H3. The van der Waals surface area contributed by atoms with Crippen molar-refractivity contribution < 1.29 is 0 Å². The first kappa shape index (κ1) is 9.70. The van der Waals surface area contributed by atoms with Gasteiger partial charge >= 0.3 is 0 Å². The molecule has 84 valence electrons. The minimum absolute atomic E-state index is 0.777. The predicted octanol–water partition coefficient (Wildman–Crippen LogP) is 2.79. The number of nitrogens with one attached hydrogen (secondary N) is 1. The number of nitrogens with zero attached hydrogens (tertiary/aromatic N) is 2. The van der Waals surface area contributed by atoms with E-state index in [0.29, 0.717) is 0 Å². The maximum Gasteiger partial charge on any atom is 0.138 e. The van der Waals surface area contributed by atoms with E-state index in [9.17, 15) is 0 Å². The molecule has 1 aliphatic carbocycles. The molecule has 0 amide bonds. The highest BCUT2D eigenvalue weighted by Gasteiger charge is 2.27. The molecular formula is C13H17N3.